The van der Waals surface area contributed by atoms with E-state index >= 15 is 0 Å². The molecule has 0 saturated carbocycles. The highest BCUT2D eigenvalue weighted by molar-refractivity contribution is 7.99. The lowest BCUT2D eigenvalue weighted by molar-refractivity contribution is -0.144. The average molecular weight is 337 g/mol. The van der Waals surface area contributed by atoms with Crippen LogP contribution in [0.1, 0.15) is 44.0 Å². The van der Waals surface area contributed by atoms with E-state index in [0.717, 1.165) is 11.5 Å². The van der Waals surface area contributed by atoms with Crippen LogP contribution in [-0.2, 0) is 4.79 Å². The maximum Gasteiger partial charge on any atom is 0.329 e. The Bertz CT molecular complexity index is 571. The van der Waals surface area contributed by atoms with Gasteiger partial charge in [0.15, 0.2) is 0 Å². The molecule has 1 aliphatic rings. The average Bonchev–Trinajstić information content (AvgIpc) is 2.47. The van der Waals surface area contributed by atoms with Crippen LogP contribution in [0.25, 0.3) is 0 Å². The molecule has 1 saturated heterocycles. The van der Waals surface area contributed by atoms with Gasteiger partial charge in [0.05, 0.1) is 0 Å². The van der Waals surface area contributed by atoms with Crippen LogP contribution in [0.3, 0.4) is 0 Å². The molecule has 0 atom stereocenters. The van der Waals surface area contributed by atoms with Crippen molar-refractivity contribution in [1.82, 2.24) is 5.32 Å². The van der Waals surface area contributed by atoms with Crippen molar-refractivity contribution in [3.63, 3.8) is 0 Å². The van der Waals surface area contributed by atoms with Crippen molar-refractivity contribution in [1.29, 1.82) is 0 Å². The van der Waals surface area contributed by atoms with Gasteiger partial charge in [0.2, 0.25) is 0 Å². The molecule has 1 amide bonds. The maximum absolute atomic E-state index is 12.4. The van der Waals surface area contributed by atoms with E-state index in [1.165, 1.54) is 0 Å². The molecule has 23 heavy (non-hydrogen) atoms. The molecular formula is C17H23NO4S. The normalized spacial score (nSPS) is 17.3. The van der Waals surface area contributed by atoms with Gasteiger partial charge in [-0.25, -0.2) is 4.79 Å². The second kappa shape index (κ2) is 6.83. The van der Waals surface area contributed by atoms with Crippen LogP contribution >= 0.6 is 11.8 Å². The summed E-state index contributed by atoms with van der Waals surface area (Å²) < 4.78 is 5.72. The number of carboxylic acids is 1. The Morgan fingerprint density at radius 3 is 2.22 bits per heavy atom. The second-order valence-corrected chi connectivity index (χ2v) is 7.92. The molecule has 5 nitrogen and oxygen atoms in total. The number of nitrogens with one attached hydrogen (secondary N) is 1. The van der Waals surface area contributed by atoms with Crippen molar-refractivity contribution in [2.75, 3.05) is 11.5 Å². The van der Waals surface area contributed by atoms with Crippen molar-refractivity contribution in [2.24, 2.45) is 0 Å². The second-order valence-electron chi connectivity index (χ2n) is 6.69. The van der Waals surface area contributed by atoms with E-state index in [4.69, 9.17) is 4.74 Å². The fourth-order valence-corrected chi connectivity index (χ4v) is 3.62. The van der Waals surface area contributed by atoms with Gasteiger partial charge in [0.1, 0.15) is 16.9 Å². The third-order valence-electron chi connectivity index (χ3n) is 3.65. The topological polar surface area (TPSA) is 75.6 Å². The number of benzene rings is 1. The van der Waals surface area contributed by atoms with Crippen molar-refractivity contribution in [3.8, 4) is 5.75 Å². The molecule has 6 heteroatoms. The molecule has 0 unspecified atom stereocenters. The van der Waals surface area contributed by atoms with Gasteiger partial charge in [-0.15, -0.1) is 0 Å². The van der Waals surface area contributed by atoms with Gasteiger partial charge in [-0.2, -0.15) is 11.8 Å². The van der Waals surface area contributed by atoms with Gasteiger partial charge >= 0.3 is 5.97 Å². The van der Waals surface area contributed by atoms with Crippen LogP contribution in [0.15, 0.2) is 24.3 Å². The first kappa shape index (κ1) is 17.7. The molecule has 1 fully saturated rings. The quantitative estimate of drug-likeness (QED) is 0.883. The number of rotatable bonds is 4. The summed E-state index contributed by atoms with van der Waals surface area (Å²) in [6.45, 7) is 5.85. The standard InChI is InChI=1S/C17H23NO4S/c1-16(2,3)22-13-6-4-12(5-7-13)14(19)18-17(15(20)21)8-10-23-11-9-17/h4-7H,8-11H2,1-3H3,(H,18,19)(H,20,21). The highest BCUT2D eigenvalue weighted by atomic mass is 32.2. The van der Waals surface area contributed by atoms with E-state index < -0.39 is 11.5 Å². The first-order chi connectivity index (χ1) is 10.7. The molecule has 1 aromatic rings. The zero-order chi connectivity index (χ0) is 17.1. The number of carbonyl (C=O) groups is 2. The SMILES string of the molecule is CC(C)(C)Oc1ccc(C(=O)NC2(C(=O)O)CCSCC2)cc1. The number of hydrogen-bond acceptors (Lipinski definition) is 4. The molecule has 1 aromatic carbocycles. The number of amides is 1. The number of carboxylic acid groups (broad SMARTS) is 1. The van der Waals surface area contributed by atoms with Gasteiger partial charge in [-0.05, 0) is 69.4 Å². The summed E-state index contributed by atoms with van der Waals surface area (Å²) in [6, 6.07) is 6.77. The van der Waals surface area contributed by atoms with Gasteiger partial charge in [-0.1, -0.05) is 0 Å². The van der Waals surface area contributed by atoms with Crippen molar-refractivity contribution < 1.29 is 19.4 Å². The van der Waals surface area contributed by atoms with E-state index in [9.17, 15) is 14.7 Å². The minimum atomic E-state index is -1.15. The Morgan fingerprint density at radius 2 is 1.74 bits per heavy atom. The molecule has 2 rings (SSSR count). The van der Waals surface area contributed by atoms with E-state index in [1.807, 2.05) is 20.8 Å². The Labute approximate surface area is 140 Å². The molecular weight excluding hydrogens is 314 g/mol. The van der Waals surface area contributed by atoms with E-state index in [1.54, 1.807) is 36.0 Å². The lowest BCUT2D eigenvalue weighted by Crippen LogP contribution is -2.56. The molecule has 2 N–H and O–H groups in total. The van der Waals surface area contributed by atoms with Crippen molar-refractivity contribution in [3.05, 3.63) is 29.8 Å². The Kier molecular flexibility index (Phi) is 5.24. The summed E-state index contributed by atoms with van der Waals surface area (Å²) in [4.78, 5) is 24.0. The third-order valence-corrected chi connectivity index (χ3v) is 4.63. The molecule has 126 valence electrons. The molecule has 0 aliphatic carbocycles. The van der Waals surface area contributed by atoms with Gasteiger partial charge < -0.3 is 15.2 Å². The number of hydrogen-bond donors (Lipinski definition) is 2. The van der Waals surface area contributed by atoms with Crippen molar-refractivity contribution in [2.45, 2.75) is 44.8 Å². The molecule has 0 bridgehead atoms. The number of ether oxygens (including phenoxy) is 1. The fourth-order valence-electron chi connectivity index (χ4n) is 2.43. The van der Waals surface area contributed by atoms with E-state index in [-0.39, 0.29) is 11.5 Å². The number of thioether (sulfide) groups is 1. The molecule has 0 radical (unpaired) electrons. The summed E-state index contributed by atoms with van der Waals surface area (Å²) >= 11 is 1.71. The third kappa shape index (κ3) is 4.64. The van der Waals surface area contributed by atoms with Gasteiger partial charge in [-0.3, -0.25) is 4.79 Å². The zero-order valence-corrected chi connectivity index (χ0v) is 14.5. The van der Waals surface area contributed by atoms with Crippen molar-refractivity contribution >= 4 is 23.6 Å². The zero-order valence-electron chi connectivity index (χ0n) is 13.7. The lowest BCUT2D eigenvalue weighted by atomic mass is 9.92. The summed E-state index contributed by atoms with van der Waals surface area (Å²) in [5.74, 6) is 0.840. The van der Waals surface area contributed by atoms with Gasteiger partial charge in [0.25, 0.3) is 5.91 Å². The van der Waals surface area contributed by atoms with Crippen LogP contribution in [0.2, 0.25) is 0 Å². The molecule has 1 heterocycles. The number of aliphatic carboxylic acids is 1. The van der Waals surface area contributed by atoms with E-state index in [2.05, 4.69) is 5.32 Å². The van der Waals surface area contributed by atoms with Crippen LogP contribution in [0.5, 0.6) is 5.75 Å². The van der Waals surface area contributed by atoms with Crippen LogP contribution in [0, 0.1) is 0 Å². The summed E-state index contributed by atoms with van der Waals surface area (Å²) in [6.07, 6.45) is 0.897. The summed E-state index contributed by atoms with van der Waals surface area (Å²) in [5.41, 5.74) is -1.02. The van der Waals surface area contributed by atoms with Crippen LogP contribution in [-0.4, -0.2) is 39.6 Å². The Hall–Kier alpha value is -1.69. The van der Waals surface area contributed by atoms with Crippen LogP contribution < -0.4 is 10.1 Å². The Balaban J connectivity index is 2.09. The minimum Gasteiger partial charge on any atom is -0.488 e. The monoisotopic (exact) mass is 337 g/mol. The summed E-state index contributed by atoms with van der Waals surface area (Å²) in [5, 5.41) is 12.2. The van der Waals surface area contributed by atoms with E-state index in [0.29, 0.717) is 24.2 Å². The Morgan fingerprint density at radius 1 is 1.17 bits per heavy atom. The lowest BCUT2D eigenvalue weighted by Gasteiger charge is -2.33. The highest BCUT2D eigenvalue weighted by Crippen LogP contribution is 2.28. The first-order valence-corrected chi connectivity index (χ1v) is 8.80. The maximum atomic E-state index is 12.4. The minimum absolute atomic E-state index is 0.309. The first-order valence-electron chi connectivity index (χ1n) is 7.65. The number of carbonyl (C=O) groups excluding carboxylic acids is 1. The highest BCUT2D eigenvalue weighted by Gasteiger charge is 2.41. The molecule has 1 aliphatic heterocycles. The smallest absolute Gasteiger partial charge is 0.329 e. The predicted molar refractivity (Wildman–Crippen MR) is 91.2 cm³/mol. The van der Waals surface area contributed by atoms with Gasteiger partial charge in [0, 0.05) is 5.56 Å². The molecule has 0 aromatic heterocycles. The van der Waals surface area contributed by atoms with Crippen LogP contribution in [0.4, 0.5) is 0 Å². The summed E-state index contributed by atoms with van der Waals surface area (Å²) in [7, 11) is 0. The molecule has 0 spiro atoms. The largest absolute Gasteiger partial charge is 0.488 e. The fraction of sp³-hybridized carbons (Fsp3) is 0.529. The predicted octanol–water partition coefficient (Wildman–Crippen LogP) is 2.94.